The Balaban J connectivity index is 2.06. The fourth-order valence-corrected chi connectivity index (χ4v) is 1.67. The van der Waals surface area contributed by atoms with Gasteiger partial charge in [-0.25, -0.2) is 4.79 Å². The van der Waals surface area contributed by atoms with Crippen LogP contribution < -0.4 is 10.2 Å². The van der Waals surface area contributed by atoms with Crippen molar-refractivity contribution < 1.29 is 9.59 Å². The molecule has 102 valence electrons. The third-order valence-electron chi connectivity index (χ3n) is 2.88. The maximum Gasteiger partial charge on any atom is 0.326 e. The number of carbonyl (C=O) groups is 2. The lowest BCUT2D eigenvalue weighted by atomic mass is 10.1. The lowest BCUT2D eigenvalue weighted by molar-refractivity contribution is 0.101. The van der Waals surface area contributed by atoms with E-state index in [4.69, 9.17) is 0 Å². The molecule has 0 saturated carbocycles. The maximum absolute atomic E-state index is 12.1. The van der Waals surface area contributed by atoms with E-state index in [1.54, 1.807) is 55.8 Å². The Morgan fingerprint density at radius 1 is 1.15 bits per heavy atom. The summed E-state index contributed by atoms with van der Waals surface area (Å²) in [6.45, 7) is 1.50. The highest BCUT2D eigenvalue weighted by Gasteiger charge is 2.11. The van der Waals surface area contributed by atoms with Crippen molar-refractivity contribution in [2.24, 2.45) is 0 Å². The van der Waals surface area contributed by atoms with Gasteiger partial charge in [0.05, 0.1) is 11.9 Å². The van der Waals surface area contributed by atoms with Crippen LogP contribution in [-0.4, -0.2) is 23.8 Å². The number of benzene rings is 1. The van der Waals surface area contributed by atoms with E-state index >= 15 is 0 Å². The van der Waals surface area contributed by atoms with Crippen LogP contribution >= 0.6 is 0 Å². The van der Waals surface area contributed by atoms with Crippen molar-refractivity contribution in [3.05, 3.63) is 54.4 Å². The summed E-state index contributed by atoms with van der Waals surface area (Å²) < 4.78 is 0. The van der Waals surface area contributed by atoms with Gasteiger partial charge in [0.1, 0.15) is 0 Å². The Hall–Kier alpha value is -2.69. The Kier molecular flexibility index (Phi) is 4.10. The minimum atomic E-state index is -0.270. The zero-order valence-corrected chi connectivity index (χ0v) is 11.3. The lowest BCUT2D eigenvalue weighted by Crippen LogP contribution is -2.31. The summed E-state index contributed by atoms with van der Waals surface area (Å²) in [5.74, 6) is -0.00430. The van der Waals surface area contributed by atoms with Crippen molar-refractivity contribution in [2.75, 3.05) is 17.3 Å². The molecule has 1 heterocycles. The van der Waals surface area contributed by atoms with Crippen LogP contribution in [-0.2, 0) is 0 Å². The number of pyridine rings is 1. The molecule has 2 amide bonds. The highest BCUT2D eigenvalue weighted by molar-refractivity contribution is 6.01. The largest absolute Gasteiger partial charge is 0.326 e. The minimum absolute atomic E-state index is 0.00430. The summed E-state index contributed by atoms with van der Waals surface area (Å²) in [7, 11) is 1.66. The fraction of sp³-hybridized carbons (Fsp3) is 0.133. The molecule has 0 fully saturated rings. The molecule has 2 rings (SSSR count). The quantitative estimate of drug-likeness (QED) is 0.871. The minimum Gasteiger partial charge on any atom is -0.308 e. The lowest BCUT2D eigenvalue weighted by Gasteiger charge is -2.17. The smallest absolute Gasteiger partial charge is 0.308 e. The summed E-state index contributed by atoms with van der Waals surface area (Å²) in [4.78, 5) is 28.7. The molecule has 5 nitrogen and oxygen atoms in total. The van der Waals surface area contributed by atoms with Crippen LogP contribution in [0.25, 0.3) is 0 Å². The molecule has 0 saturated heterocycles. The maximum atomic E-state index is 12.1. The molecule has 0 radical (unpaired) electrons. The first-order valence-corrected chi connectivity index (χ1v) is 6.13. The number of ketones is 1. The number of nitrogens with zero attached hydrogens (tertiary/aromatic N) is 2. The number of hydrogen-bond acceptors (Lipinski definition) is 3. The molecule has 20 heavy (non-hydrogen) atoms. The number of urea groups is 1. The molecule has 0 aliphatic rings. The van der Waals surface area contributed by atoms with E-state index in [9.17, 15) is 9.59 Å². The van der Waals surface area contributed by atoms with E-state index in [-0.39, 0.29) is 11.8 Å². The van der Waals surface area contributed by atoms with Crippen molar-refractivity contribution in [1.29, 1.82) is 0 Å². The standard InChI is InChI=1S/C15H15N3O2/c1-11(19)12-5-7-13(8-6-12)17-15(20)18(2)14-4-3-9-16-10-14/h3-10H,1-2H3,(H,17,20). The first-order chi connectivity index (χ1) is 9.58. The molecule has 0 aliphatic heterocycles. The molecular formula is C15H15N3O2. The van der Waals surface area contributed by atoms with Gasteiger partial charge >= 0.3 is 6.03 Å². The molecule has 5 heteroatoms. The third-order valence-corrected chi connectivity index (χ3v) is 2.88. The monoisotopic (exact) mass is 269 g/mol. The Labute approximate surface area is 117 Å². The van der Waals surface area contributed by atoms with Gasteiger partial charge in [-0.05, 0) is 43.3 Å². The van der Waals surface area contributed by atoms with Crippen molar-refractivity contribution in [3.63, 3.8) is 0 Å². The van der Waals surface area contributed by atoms with Crippen LogP contribution in [0.1, 0.15) is 17.3 Å². The summed E-state index contributed by atoms with van der Waals surface area (Å²) in [5, 5.41) is 2.75. The van der Waals surface area contributed by atoms with Gasteiger partial charge in [0.15, 0.2) is 5.78 Å². The van der Waals surface area contributed by atoms with Crippen molar-refractivity contribution in [1.82, 2.24) is 4.98 Å². The van der Waals surface area contributed by atoms with Crippen LogP contribution in [0.4, 0.5) is 16.2 Å². The molecule has 1 N–H and O–H groups in total. The molecule has 0 atom stereocenters. The predicted molar refractivity (Wildman–Crippen MR) is 78.1 cm³/mol. The zero-order valence-electron chi connectivity index (χ0n) is 11.3. The zero-order chi connectivity index (χ0) is 14.5. The van der Waals surface area contributed by atoms with Crippen LogP contribution in [0, 0.1) is 0 Å². The van der Waals surface area contributed by atoms with E-state index in [0.717, 1.165) is 0 Å². The molecular weight excluding hydrogens is 254 g/mol. The SMILES string of the molecule is CC(=O)c1ccc(NC(=O)N(C)c2cccnc2)cc1. The Bertz CT molecular complexity index is 609. The average molecular weight is 269 g/mol. The van der Waals surface area contributed by atoms with Gasteiger partial charge in [0, 0.05) is 24.5 Å². The van der Waals surface area contributed by atoms with E-state index in [2.05, 4.69) is 10.3 Å². The molecule has 1 aromatic heterocycles. The third kappa shape index (κ3) is 3.20. The topological polar surface area (TPSA) is 62.3 Å². The number of carbonyl (C=O) groups excluding carboxylic acids is 2. The number of nitrogens with one attached hydrogen (secondary N) is 1. The Morgan fingerprint density at radius 3 is 2.40 bits per heavy atom. The number of rotatable bonds is 3. The van der Waals surface area contributed by atoms with E-state index in [1.165, 1.54) is 11.8 Å². The summed E-state index contributed by atoms with van der Waals surface area (Å²) in [6, 6.07) is 10.1. The molecule has 2 aromatic rings. The number of Topliss-reactive ketones (excluding diaryl/α,β-unsaturated/α-hetero) is 1. The van der Waals surface area contributed by atoms with E-state index < -0.39 is 0 Å². The van der Waals surface area contributed by atoms with Crippen molar-refractivity contribution in [3.8, 4) is 0 Å². The Morgan fingerprint density at radius 2 is 1.85 bits per heavy atom. The highest BCUT2D eigenvalue weighted by atomic mass is 16.2. The first-order valence-electron chi connectivity index (χ1n) is 6.13. The van der Waals surface area contributed by atoms with Crippen molar-refractivity contribution in [2.45, 2.75) is 6.92 Å². The van der Waals surface area contributed by atoms with Gasteiger partial charge in [-0.3, -0.25) is 14.7 Å². The van der Waals surface area contributed by atoms with E-state index in [0.29, 0.717) is 16.9 Å². The first kappa shape index (κ1) is 13.7. The fourth-order valence-electron chi connectivity index (χ4n) is 1.67. The van der Waals surface area contributed by atoms with E-state index in [1.807, 2.05) is 0 Å². The average Bonchev–Trinajstić information content (AvgIpc) is 2.48. The van der Waals surface area contributed by atoms with Gasteiger partial charge < -0.3 is 5.32 Å². The van der Waals surface area contributed by atoms with Gasteiger partial charge in [-0.1, -0.05) is 0 Å². The molecule has 0 bridgehead atoms. The highest BCUT2D eigenvalue weighted by Crippen LogP contribution is 2.14. The second-order valence-electron chi connectivity index (χ2n) is 4.33. The second-order valence-corrected chi connectivity index (χ2v) is 4.33. The summed E-state index contributed by atoms with van der Waals surface area (Å²) >= 11 is 0. The van der Waals surface area contributed by atoms with Gasteiger partial charge in [-0.15, -0.1) is 0 Å². The summed E-state index contributed by atoms with van der Waals surface area (Å²) in [6.07, 6.45) is 3.26. The van der Waals surface area contributed by atoms with Crippen LogP contribution in [0.2, 0.25) is 0 Å². The second kappa shape index (κ2) is 5.97. The van der Waals surface area contributed by atoms with Gasteiger partial charge in [0.2, 0.25) is 0 Å². The molecule has 1 aromatic carbocycles. The van der Waals surface area contributed by atoms with Crippen LogP contribution in [0.15, 0.2) is 48.8 Å². The van der Waals surface area contributed by atoms with Crippen LogP contribution in [0.5, 0.6) is 0 Å². The summed E-state index contributed by atoms with van der Waals surface area (Å²) in [5.41, 5.74) is 1.95. The normalized spacial score (nSPS) is 9.90. The van der Waals surface area contributed by atoms with Gasteiger partial charge in [-0.2, -0.15) is 0 Å². The number of hydrogen-bond donors (Lipinski definition) is 1. The predicted octanol–water partition coefficient (Wildman–Crippen LogP) is 2.95. The number of aromatic nitrogens is 1. The number of anilines is 2. The van der Waals surface area contributed by atoms with Crippen molar-refractivity contribution >= 4 is 23.2 Å². The molecule has 0 spiro atoms. The van der Waals surface area contributed by atoms with Crippen LogP contribution in [0.3, 0.4) is 0 Å². The molecule has 0 aliphatic carbocycles. The van der Waals surface area contributed by atoms with Gasteiger partial charge in [0.25, 0.3) is 0 Å². The number of amides is 2. The molecule has 0 unspecified atom stereocenters.